The summed E-state index contributed by atoms with van der Waals surface area (Å²) < 4.78 is 1.06. The largest absolute Gasteiger partial charge is 0.358 e. The van der Waals surface area contributed by atoms with E-state index in [1.807, 2.05) is 0 Å². The number of unbranched alkanes of at least 4 members (excludes halogenated alkanes) is 2. The van der Waals surface area contributed by atoms with Crippen LogP contribution in [0.4, 0.5) is 0 Å². The van der Waals surface area contributed by atoms with E-state index < -0.39 is 0 Å². The number of nitrogens with zero attached hydrogens (tertiary/aromatic N) is 1. The van der Waals surface area contributed by atoms with Crippen LogP contribution in [0.3, 0.4) is 0 Å². The molecular formula is C17H27NS2. The fraction of sp³-hybridized carbons (Fsp3) is 0.588. The van der Waals surface area contributed by atoms with Crippen molar-refractivity contribution in [1.29, 1.82) is 0 Å². The van der Waals surface area contributed by atoms with E-state index in [-0.39, 0.29) is 0 Å². The molecule has 0 unspecified atom stereocenters. The summed E-state index contributed by atoms with van der Waals surface area (Å²) in [6.07, 6.45) is 4.92. The van der Waals surface area contributed by atoms with Gasteiger partial charge < -0.3 is 4.90 Å². The Labute approximate surface area is 134 Å². The van der Waals surface area contributed by atoms with Gasteiger partial charge in [0.05, 0.1) is 0 Å². The van der Waals surface area contributed by atoms with Gasteiger partial charge >= 0.3 is 0 Å². The summed E-state index contributed by atoms with van der Waals surface area (Å²) in [6, 6.07) is 8.75. The molecule has 0 saturated heterocycles. The standard InChI is InChI=1S/C17H27NS2/c1-4-6-12-18(13-7-5-2)17(19)20-14-16-10-8-15(3)9-11-16/h8-11H,4-7,12-14H2,1-3H3. The number of hydrogen-bond acceptors (Lipinski definition) is 2. The summed E-state index contributed by atoms with van der Waals surface area (Å²) in [6.45, 7) is 8.81. The lowest BCUT2D eigenvalue weighted by Crippen LogP contribution is -2.29. The molecule has 1 aromatic rings. The Bertz CT molecular complexity index is 378. The molecule has 20 heavy (non-hydrogen) atoms. The summed E-state index contributed by atoms with van der Waals surface area (Å²) >= 11 is 7.42. The van der Waals surface area contributed by atoms with Gasteiger partial charge in [0.2, 0.25) is 0 Å². The first-order valence-corrected chi connectivity index (χ1v) is 9.04. The van der Waals surface area contributed by atoms with Gasteiger partial charge in [0.1, 0.15) is 4.32 Å². The highest BCUT2D eigenvalue weighted by atomic mass is 32.2. The number of thioether (sulfide) groups is 1. The highest BCUT2D eigenvalue weighted by molar-refractivity contribution is 8.22. The topological polar surface area (TPSA) is 3.24 Å². The third-order valence-corrected chi connectivity index (χ3v) is 4.90. The first-order chi connectivity index (χ1) is 9.67. The molecule has 0 fully saturated rings. The van der Waals surface area contributed by atoms with Gasteiger partial charge in [-0.15, -0.1) is 0 Å². The van der Waals surface area contributed by atoms with Crippen LogP contribution in [-0.4, -0.2) is 22.3 Å². The van der Waals surface area contributed by atoms with Crippen molar-refractivity contribution in [2.75, 3.05) is 13.1 Å². The predicted octanol–water partition coefficient (Wildman–Crippen LogP) is 5.42. The number of rotatable bonds is 8. The maximum absolute atomic E-state index is 5.62. The Morgan fingerprint density at radius 1 is 1.05 bits per heavy atom. The van der Waals surface area contributed by atoms with Gasteiger partial charge in [-0.2, -0.15) is 0 Å². The van der Waals surface area contributed by atoms with Crippen molar-refractivity contribution in [2.45, 2.75) is 52.2 Å². The van der Waals surface area contributed by atoms with Crippen molar-refractivity contribution >= 4 is 28.3 Å². The predicted molar refractivity (Wildman–Crippen MR) is 96.5 cm³/mol. The molecular weight excluding hydrogens is 282 g/mol. The minimum absolute atomic E-state index is 0.980. The summed E-state index contributed by atoms with van der Waals surface area (Å²) in [5, 5.41) is 0. The quantitative estimate of drug-likeness (QED) is 0.591. The van der Waals surface area contributed by atoms with E-state index in [0.29, 0.717) is 0 Å². The first-order valence-electron chi connectivity index (χ1n) is 7.64. The molecule has 0 aromatic heterocycles. The second kappa shape index (κ2) is 10.2. The zero-order valence-corrected chi connectivity index (χ0v) is 14.7. The second-order valence-corrected chi connectivity index (χ2v) is 6.84. The van der Waals surface area contributed by atoms with E-state index in [9.17, 15) is 0 Å². The highest BCUT2D eigenvalue weighted by Gasteiger charge is 2.09. The van der Waals surface area contributed by atoms with Crippen LogP contribution in [0.2, 0.25) is 0 Å². The molecule has 0 aliphatic heterocycles. The third kappa shape index (κ3) is 6.76. The van der Waals surface area contributed by atoms with Crippen molar-refractivity contribution < 1.29 is 0 Å². The van der Waals surface area contributed by atoms with Crippen LogP contribution < -0.4 is 0 Å². The first kappa shape index (κ1) is 17.5. The summed E-state index contributed by atoms with van der Waals surface area (Å²) in [7, 11) is 0. The van der Waals surface area contributed by atoms with E-state index in [4.69, 9.17) is 12.2 Å². The van der Waals surface area contributed by atoms with Crippen molar-refractivity contribution in [1.82, 2.24) is 4.90 Å². The normalized spacial score (nSPS) is 10.6. The fourth-order valence-corrected chi connectivity index (χ4v) is 3.12. The lowest BCUT2D eigenvalue weighted by Gasteiger charge is -2.24. The average molecular weight is 310 g/mol. The van der Waals surface area contributed by atoms with E-state index in [1.54, 1.807) is 11.8 Å². The zero-order valence-electron chi connectivity index (χ0n) is 13.0. The van der Waals surface area contributed by atoms with Crippen LogP contribution in [-0.2, 0) is 5.75 Å². The van der Waals surface area contributed by atoms with Gasteiger partial charge in [0.15, 0.2) is 0 Å². The minimum atomic E-state index is 0.980. The number of benzene rings is 1. The number of aryl methyl sites for hydroxylation is 1. The third-order valence-electron chi connectivity index (χ3n) is 3.30. The molecule has 112 valence electrons. The molecule has 3 heteroatoms. The molecule has 0 spiro atoms. The molecule has 0 radical (unpaired) electrons. The number of thiocarbonyl (C=S) groups is 1. The molecule has 0 N–H and O–H groups in total. The van der Waals surface area contributed by atoms with Gasteiger partial charge in [-0.25, -0.2) is 0 Å². The minimum Gasteiger partial charge on any atom is -0.358 e. The fourth-order valence-electron chi connectivity index (χ4n) is 1.91. The molecule has 1 aromatic carbocycles. The van der Waals surface area contributed by atoms with Crippen LogP contribution in [0.5, 0.6) is 0 Å². The molecule has 0 saturated carbocycles. The molecule has 1 rings (SSSR count). The van der Waals surface area contributed by atoms with Crippen molar-refractivity contribution in [3.8, 4) is 0 Å². The van der Waals surface area contributed by atoms with Crippen LogP contribution in [0, 0.1) is 6.92 Å². The van der Waals surface area contributed by atoms with Crippen molar-refractivity contribution in [3.05, 3.63) is 35.4 Å². The molecule has 0 heterocycles. The Balaban J connectivity index is 2.45. The molecule has 0 atom stereocenters. The Kier molecular flexibility index (Phi) is 8.95. The van der Waals surface area contributed by atoms with Crippen LogP contribution >= 0.6 is 24.0 Å². The van der Waals surface area contributed by atoms with Crippen molar-refractivity contribution in [3.63, 3.8) is 0 Å². The van der Waals surface area contributed by atoms with E-state index in [1.165, 1.54) is 36.8 Å². The van der Waals surface area contributed by atoms with Gasteiger partial charge in [0.25, 0.3) is 0 Å². The van der Waals surface area contributed by atoms with Crippen LogP contribution in [0.1, 0.15) is 50.7 Å². The van der Waals surface area contributed by atoms with Gasteiger partial charge in [-0.1, -0.05) is 80.5 Å². The smallest absolute Gasteiger partial charge is 0.136 e. The van der Waals surface area contributed by atoms with Gasteiger partial charge in [-0.05, 0) is 25.3 Å². The van der Waals surface area contributed by atoms with Crippen molar-refractivity contribution in [2.24, 2.45) is 0 Å². The number of hydrogen-bond donors (Lipinski definition) is 0. The molecule has 0 bridgehead atoms. The molecule has 0 amide bonds. The lowest BCUT2D eigenvalue weighted by molar-refractivity contribution is 0.410. The zero-order chi connectivity index (χ0) is 14.8. The lowest BCUT2D eigenvalue weighted by atomic mass is 10.2. The van der Waals surface area contributed by atoms with E-state index in [2.05, 4.69) is 49.9 Å². The highest BCUT2D eigenvalue weighted by Crippen LogP contribution is 2.18. The Morgan fingerprint density at radius 3 is 2.10 bits per heavy atom. The molecule has 0 aliphatic carbocycles. The van der Waals surface area contributed by atoms with Crippen LogP contribution in [0.25, 0.3) is 0 Å². The monoisotopic (exact) mass is 309 g/mol. The van der Waals surface area contributed by atoms with Gasteiger partial charge in [-0.3, -0.25) is 0 Å². The summed E-state index contributed by atoms with van der Waals surface area (Å²) in [5.41, 5.74) is 2.67. The maximum Gasteiger partial charge on any atom is 0.136 e. The summed E-state index contributed by atoms with van der Waals surface area (Å²) in [4.78, 5) is 2.39. The average Bonchev–Trinajstić information content (AvgIpc) is 2.46. The van der Waals surface area contributed by atoms with Gasteiger partial charge in [0, 0.05) is 18.8 Å². The second-order valence-electron chi connectivity index (χ2n) is 5.23. The molecule has 1 nitrogen and oxygen atoms in total. The van der Waals surface area contributed by atoms with E-state index in [0.717, 1.165) is 23.2 Å². The maximum atomic E-state index is 5.62. The van der Waals surface area contributed by atoms with Crippen LogP contribution in [0.15, 0.2) is 24.3 Å². The Morgan fingerprint density at radius 2 is 1.60 bits per heavy atom. The summed E-state index contributed by atoms with van der Waals surface area (Å²) in [5.74, 6) is 0.980. The Hall–Kier alpha value is -0.540. The SMILES string of the molecule is CCCCN(CCCC)C(=S)SCc1ccc(C)cc1. The molecule has 0 aliphatic rings. The van der Waals surface area contributed by atoms with E-state index >= 15 is 0 Å².